The number of fused-ring (bicyclic) bond motifs is 8. The van der Waals surface area contributed by atoms with Gasteiger partial charge in [-0.15, -0.1) is 11.3 Å². The Morgan fingerprint density at radius 1 is 0.364 bits per heavy atom. The van der Waals surface area contributed by atoms with Crippen molar-refractivity contribution < 1.29 is 0 Å². The quantitative estimate of drug-likeness (QED) is 0.166. The third-order valence-electron chi connectivity index (χ3n) is 11.5. The average Bonchev–Trinajstić information content (AvgIpc) is 3.80. The molecular formula is C53H35NS. The molecular weight excluding hydrogens is 683 g/mol. The van der Waals surface area contributed by atoms with Crippen LogP contribution in [0.4, 0.5) is 17.1 Å². The fraction of sp³-hybridized carbons (Fsp3) is 0.0189. The van der Waals surface area contributed by atoms with Crippen LogP contribution >= 0.6 is 11.3 Å². The molecule has 9 aromatic carbocycles. The topological polar surface area (TPSA) is 3.24 Å². The van der Waals surface area contributed by atoms with E-state index in [1.165, 1.54) is 81.1 Å². The molecule has 2 heteroatoms. The Bertz CT molecular complexity index is 2980. The van der Waals surface area contributed by atoms with Crippen molar-refractivity contribution in [1.29, 1.82) is 0 Å². The molecule has 258 valence electrons. The van der Waals surface area contributed by atoms with Crippen LogP contribution in [0.5, 0.6) is 0 Å². The highest BCUT2D eigenvalue weighted by molar-refractivity contribution is 7.27. The van der Waals surface area contributed by atoms with Crippen molar-refractivity contribution >= 4 is 59.3 Å². The Hall–Kier alpha value is -6.74. The number of rotatable bonds is 6. The van der Waals surface area contributed by atoms with Crippen LogP contribution in [-0.4, -0.2) is 0 Å². The molecule has 1 aliphatic rings. The summed E-state index contributed by atoms with van der Waals surface area (Å²) in [6.45, 7) is 0. The fourth-order valence-electron chi connectivity index (χ4n) is 9.22. The number of anilines is 3. The first-order valence-corrected chi connectivity index (χ1v) is 19.8. The van der Waals surface area contributed by atoms with E-state index >= 15 is 0 Å². The molecule has 1 aromatic heterocycles. The summed E-state index contributed by atoms with van der Waals surface area (Å²) in [6.07, 6.45) is 0. The first-order chi connectivity index (χ1) is 27.3. The maximum atomic E-state index is 2.42. The summed E-state index contributed by atoms with van der Waals surface area (Å²) in [7, 11) is 0. The molecule has 0 aliphatic heterocycles. The van der Waals surface area contributed by atoms with Crippen LogP contribution in [-0.2, 0) is 5.41 Å². The van der Waals surface area contributed by atoms with E-state index in [1.54, 1.807) is 0 Å². The standard InChI is InChI=1S/C53H35NS/c1-4-17-38(18-5-1)53(39-19-6-2-7-20-39)47-27-13-12-24-46(47)50-42(25-14-28-48(50)53)37-30-33-41(34-31-37)54(40-21-8-3-9-22-40)49-29-15-26-44-45-35-32-36-16-10-11-23-43(36)51(45)55-52(44)49/h1-35H. The Kier molecular flexibility index (Phi) is 7.33. The number of hydrogen-bond acceptors (Lipinski definition) is 2. The monoisotopic (exact) mass is 717 g/mol. The van der Waals surface area contributed by atoms with E-state index in [-0.39, 0.29) is 0 Å². The Morgan fingerprint density at radius 3 is 1.69 bits per heavy atom. The van der Waals surface area contributed by atoms with Gasteiger partial charge in [0.2, 0.25) is 0 Å². The minimum atomic E-state index is -0.428. The van der Waals surface area contributed by atoms with Gasteiger partial charge >= 0.3 is 0 Å². The summed E-state index contributed by atoms with van der Waals surface area (Å²) in [5.74, 6) is 0. The van der Waals surface area contributed by atoms with Crippen LogP contribution < -0.4 is 4.90 Å². The third kappa shape index (κ3) is 4.78. The predicted molar refractivity (Wildman–Crippen MR) is 234 cm³/mol. The van der Waals surface area contributed by atoms with Crippen LogP contribution in [0.3, 0.4) is 0 Å². The highest BCUT2D eigenvalue weighted by atomic mass is 32.1. The highest BCUT2D eigenvalue weighted by Crippen LogP contribution is 2.58. The van der Waals surface area contributed by atoms with Gasteiger partial charge in [-0.1, -0.05) is 182 Å². The lowest BCUT2D eigenvalue weighted by Crippen LogP contribution is -2.28. The van der Waals surface area contributed by atoms with E-state index in [1.807, 2.05) is 11.3 Å². The zero-order valence-corrected chi connectivity index (χ0v) is 30.9. The lowest BCUT2D eigenvalue weighted by atomic mass is 9.67. The molecule has 0 spiro atoms. The minimum absolute atomic E-state index is 0.428. The fourth-order valence-corrected chi connectivity index (χ4v) is 10.6. The first-order valence-electron chi connectivity index (χ1n) is 18.9. The van der Waals surface area contributed by atoms with Crippen molar-refractivity contribution in [2.24, 2.45) is 0 Å². The van der Waals surface area contributed by atoms with Gasteiger partial charge in [-0.05, 0) is 85.6 Å². The van der Waals surface area contributed by atoms with Gasteiger partial charge in [-0.3, -0.25) is 0 Å². The number of benzene rings is 9. The summed E-state index contributed by atoms with van der Waals surface area (Å²) >= 11 is 1.90. The lowest BCUT2D eigenvalue weighted by Gasteiger charge is -2.34. The highest BCUT2D eigenvalue weighted by Gasteiger charge is 2.46. The second kappa shape index (κ2) is 12.7. The molecule has 1 aliphatic carbocycles. The van der Waals surface area contributed by atoms with Crippen LogP contribution in [0.15, 0.2) is 212 Å². The molecule has 0 saturated carbocycles. The van der Waals surface area contributed by atoms with Crippen LogP contribution in [0.2, 0.25) is 0 Å². The van der Waals surface area contributed by atoms with E-state index in [4.69, 9.17) is 0 Å². The maximum absolute atomic E-state index is 2.42. The number of nitrogens with zero attached hydrogens (tertiary/aromatic N) is 1. The number of thiophene rings is 1. The van der Waals surface area contributed by atoms with Crippen molar-refractivity contribution in [1.82, 2.24) is 0 Å². The van der Waals surface area contributed by atoms with E-state index in [9.17, 15) is 0 Å². The van der Waals surface area contributed by atoms with Crippen molar-refractivity contribution in [2.75, 3.05) is 4.90 Å². The molecule has 1 heterocycles. The van der Waals surface area contributed by atoms with Gasteiger partial charge in [-0.2, -0.15) is 0 Å². The lowest BCUT2D eigenvalue weighted by molar-refractivity contribution is 0.768. The molecule has 0 fully saturated rings. The molecule has 55 heavy (non-hydrogen) atoms. The van der Waals surface area contributed by atoms with Gasteiger partial charge in [0.15, 0.2) is 0 Å². The maximum Gasteiger partial charge on any atom is 0.0713 e. The summed E-state index contributed by atoms with van der Waals surface area (Å²) < 4.78 is 2.63. The number of hydrogen-bond donors (Lipinski definition) is 0. The average molecular weight is 718 g/mol. The molecule has 0 bridgehead atoms. The van der Waals surface area contributed by atoms with Crippen molar-refractivity contribution in [3.8, 4) is 22.3 Å². The number of para-hydroxylation sites is 1. The van der Waals surface area contributed by atoms with Gasteiger partial charge in [0.25, 0.3) is 0 Å². The van der Waals surface area contributed by atoms with Crippen LogP contribution in [0, 0.1) is 0 Å². The van der Waals surface area contributed by atoms with Gasteiger partial charge in [0.05, 0.1) is 15.8 Å². The second-order valence-corrected chi connectivity index (χ2v) is 15.4. The minimum Gasteiger partial charge on any atom is -0.309 e. The first kappa shape index (κ1) is 31.8. The van der Waals surface area contributed by atoms with Crippen LogP contribution in [0.25, 0.3) is 53.2 Å². The molecule has 11 rings (SSSR count). The summed E-state index contributed by atoms with van der Waals surface area (Å²) in [5.41, 5.74) is 13.3. The molecule has 0 radical (unpaired) electrons. The molecule has 0 amide bonds. The molecule has 0 atom stereocenters. The summed E-state index contributed by atoms with van der Waals surface area (Å²) in [5, 5.41) is 5.19. The largest absolute Gasteiger partial charge is 0.309 e. The Labute approximate surface area is 325 Å². The van der Waals surface area contributed by atoms with Gasteiger partial charge < -0.3 is 4.90 Å². The molecule has 0 N–H and O–H groups in total. The van der Waals surface area contributed by atoms with E-state index < -0.39 is 5.41 Å². The summed E-state index contributed by atoms with van der Waals surface area (Å²) in [6, 6.07) is 78.0. The van der Waals surface area contributed by atoms with E-state index in [0.29, 0.717) is 0 Å². The van der Waals surface area contributed by atoms with E-state index in [0.717, 1.165) is 11.4 Å². The Balaban J connectivity index is 1.09. The normalized spacial score (nSPS) is 12.9. The third-order valence-corrected chi connectivity index (χ3v) is 12.8. The molecule has 0 saturated heterocycles. The van der Waals surface area contributed by atoms with Gasteiger partial charge in [0, 0.05) is 26.8 Å². The van der Waals surface area contributed by atoms with Gasteiger partial charge in [0.1, 0.15) is 0 Å². The molecule has 10 aromatic rings. The Morgan fingerprint density at radius 2 is 0.927 bits per heavy atom. The zero-order valence-electron chi connectivity index (χ0n) is 30.1. The van der Waals surface area contributed by atoms with Gasteiger partial charge in [-0.25, -0.2) is 0 Å². The predicted octanol–water partition coefficient (Wildman–Crippen LogP) is 14.7. The van der Waals surface area contributed by atoms with Crippen LogP contribution in [0.1, 0.15) is 22.3 Å². The smallest absolute Gasteiger partial charge is 0.0713 e. The van der Waals surface area contributed by atoms with Crippen molar-refractivity contribution in [3.05, 3.63) is 235 Å². The SMILES string of the molecule is c1ccc(N(c2ccc(-c3cccc4c3-c3ccccc3C4(c3ccccc3)c3ccccc3)cc2)c2cccc3c2sc2c4ccccc4ccc32)cc1. The van der Waals surface area contributed by atoms with Crippen molar-refractivity contribution in [3.63, 3.8) is 0 Å². The molecule has 1 nitrogen and oxygen atoms in total. The molecule has 0 unspecified atom stereocenters. The van der Waals surface area contributed by atoms with Crippen molar-refractivity contribution in [2.45, 2.75) is 5.41 Å². The second-order valence-electron chi connectivity index (χ2n) is 14.4. The summed E-state index contributed by atoms with van der Waals surface area (Å²) in [4.78, 5) is 2.42. The zero-order chi connectivity index (χ0) is 36.3. The van der Waals surface area contributed by atoms with E-state index in [2.05, 4.69) is 217 Å².